The molecule has 154 valence electrons. The van der Waals surface area contributed by atoms with Gasteiger partial charge < -0.3 is 4.74 Å². The van der Waals surface area contributed by atoms with Crippen molar-refractivity contribution in [3.63, 3.8) is 0 Å². The molecule has 0 aliphatic carbocycles. The third-order valence-electron chi connectivity index (χ3n) is 4.67. The zero-order chi connectivity index (χ0) is 20.4. The Morgan fingerprint density at radius 1 is 0.964 bits per heavy atom. The van der Waals surface area contributed by atoms with E-state index < -0.39 is 9.84 Å². The van der Waals surface area contributed by atoms with E-state index in [1.54, 1.807) is 32.7 Å². The molecule has 2 rings (SSSR count). The van der Waals surface area contributed by atoms with Gasteiger partial charge >= 0.3 is 0 Å². The van der Waals surface area contributed by atoms with Crippen LogP contribution in [0, 0.1) is 0 Å². The number of pyridine rings is 1. The molecule has 6 heteroatoms. The van der Waals surface area contributed by atoms with Crippen LogP contribution in [-0.4, -0.2) is 31.5 Å². The minimum atomic E-state index is -2.90. The predicted octanol–water partition coefficient (Wildman–Crippen LogP) is 5.56. The average Bonchev–Trinajstić information content (AvgIpc) is 2.68. The highest BCUT2D eigenvalue weighted by molar-refractivity contribution is 7.99. The molecule has 1 aromatic carbocycles. The van der Waals surface area contributed by atoms with Crippen molar-refractivity contribution in [2.24, 2.45) is 0 Å². The van der Waals surface area contributed by atoms with E-state index in [0.717, 1.165) is 48.4 Å². The molecule has 0 saturated carbocycles. The molecule has 0 spiro atoms. The van der Waals surface area contributed by atoms with Gasteiger partial charge in [0.1, 0.15) is 5.03 Å². The van der Waals surface area contributed by atoms with E-state index in [9.17, 15) is 8.42 Å². The first-order valence-electron chi connectivity index (χ1n) is 9.91. The minimum absolute atomic E-state index is 0.268. The van der Waals surface area contributed by atoms with Gasteiger partial charge in [-0.15, -0.1) is 0 Å². The number of hydrogen-bond donors (Lipinski definition) is 0. The quantitative estimate of drug-likeness (QED) is 0.420. The molecular formula is C22H31NO3S2. The van der Waals surface area contributed by atoms with E-state index in [2.05, 4.69) is 23.2 Å². The normalized spacial score (nSPS) is 11.7. The van der Waals surface area contributed by atoms with E-state index in [1.165, 1.54) is 5.56 Å². The minimum Gasteiger partial charge on any atom is -0.481 e. The summed E-state index contributed by atoms with van der Waals surface area (Å²) >= 11 is 1.66. The van der Waals surface area contributed by atoms with Crippen LogP contribution in [0.4, 0.5) is 0 Å². The number of methoxy groups -OCH3 is 1. The van der Waals surface area contributed by atoms with Crippen molar-refractivity contribution in [1.29, 1.82) is 0 Å². The van der Waals surface area contributed by atoms with Gasteiger partial charge in [0.15, 0.2) is 9.84 Å². The summed E-state index contributed by atoms with van der Waals surface area (Å²) in [6.45, 7) is 3.51. The number of aromatic nitrogens is 1. The Hall–Kier alpha value is -1.53. The lowest BCUT2D eigenvalue weighted by molar-refractivity contribution is 0.394. The molecule has 0 atom stereocenters. The molecule has 0 aliphatic rings. The monoisotopic (exact) mass is 421 g/mol. The first-order chi connectivity index (χ1) is 13.4. The second kappa shape index (κ2) is 11.5. The standard InChI is InChI=1S/C22H31NO3S2/c1-18(2)28(24,25)17-11-6-4-5-8-12-19-15-16-21(26-3)23-22(19)27-20-13-9-7-10-14-20/h7,9-10,13-16,18H,4-6,8,11-12,17H2,1-3H3. The molecule has 2 aromatic rings. The predicted molar refractivity (Wildman–Crippen MR) is 117 cm³/mol. The Morgan fingerprint density at radius 3 is 2.32 bits per heavy atom. The van der Waals surface area contributed by atoms with Gasteiger partial charge in [-0.05, 0) is 50.8 Å². The van der Waals surface area contributed by atoms with Crippen LogP contribution >= 0.6 is 11.8 Å². The van der Waals surface area contributed by atoms with Crippen LogP contribution in [0.15, 0.2) is 52.4 Å². The maximum absolute atomic E-state index is 11.8. The Labute approximate surface area is 174 Å². The fourth-order valence-electron chi connectivity index (χ4n) is 2.83. The molecule has 0 aliphatic heterocycles. The molecule has 0 saturated heterocycles. The van der Waals surface area contributed by atoms with Gasteiger partial charge in [0.05, 0.1) is 18.1 Å². The number of nitrogens with zero attached hydrogens (tertiary/aromatic N) is 1. The summed E-state index contributed by atoms with van der Waals surface area (Å²) in [5, 5.41) is 0.726. The molecule has 0 radical (unpaired) electrons. The van der Waals surface area contributed by atoms with Crippen molar-refractivity contribution in [2.75, 3.05) is 12.9 Å². The summed E-state index contributed by atoms with van der Waals surface area (Å²) in [5.41, 5.74) is 1.23. The third kappa shape index (κ3) is 7.47. The summed E-state index contributed by atoms with van der Waals surface area (Å²) < 4.78 is 28.9. The number of hydrogen-bond acceptors (Lipinski definition) is 5. The van der Waals surface area contributed by atoms with E-state index >= 15 is 0 Å². The van der Waals surface area contributed by atoms with Gasteiger partial charge in [0, 0.05) is 11.0 Å². The molecular weight excluding hydrogens is 390 g/mol. The largest absolute Gasteiger partial charge is 0.481 e. The van der Waals surface area contributed by atoms with Crippen LogP contribution < -0.4 is 4.74 Å². The highest BCUT2D eigenvalue weighted by Gasteiger charge is 2.15. The van der Waals surface area contributed by atoms with E-state index in [0.29, 0.717) is 11.6 Å². The Bertz CT molecular complexity index is 821. The van der Waals surface area contributed by atoms with Crippen LogP contribution in [0.5, 0.6) is 5.88 Å². The first kappa shape index (κ1) is 22.8. The summed E-state index contributed by atoms with van der Waals surface area (Å²) in [7, 11) is -1.26. The van der Waals surface area contributed by atoms with Gasteiger partial charge in [-0.3, -0.25) is 0 Å². The highest BCUT2D eigenvalue weighted by Crippen LogP contribution is 2.31. The molecule has 4 nitrogen and oxygen atoms in total. The van der Waals surface area contributed by atoms with Gasteiger partial charge in [0.25, 0.3) is 0 Å². The maximum Gasteiger partial charge on any atom is 0.214 e. The number of ether oxygens (including phenoxy) is 1. The van der Waals surface area contributed by atoms with Crippen molar-refractivity contribution in [1.82, 2.24) is 4.98 Å². The lowest BCUT2D eigenvalue weighted by Crippen LogP contribution is -2.17. The molecule has 0 fully saturated rings. The molecule has 1 heterocycles. The van der Waals surface area contributed by atoms with Gasteiger partial charge in [0.2, 0.25) is 5.88 Å². The van der Waals surface area contributed by atoms with Crippen LogP contribution in [0.25, 0.3) is 0 Å². The SMILES string of the molecule is COc1ccc(CCCCCCCS(=O)(=O)C(C)C)c(Sc2ccccc2)n1. The molecule has 0 N–H and O–H groups in total. The van der Waals surface area contributed by atoms with Gasteiger partial charge in [-0.1, -0.05) is 55.3 Å². The Balaban J connectivity index is 1.82. The number of benzene rings is 1. The average molecular weight is 422 g/mol. The number of sulfone groups is 1. The van der Waals surface area contributed by atoms with Crippen molar-refractivity contribution >= 4 is 21.6 Å². The van der Waals surface area contributed by atoms with Gasteiger partial charge in [-0.25, -0.2) is 13.4 Å². The lowest BCUT2D eigenvalue weighted by Gasteiger charge is -2.10. The Kier molecular flexibility index (Phi) is 9.32. The topological polar surface area (TPSA) is 56.3 Å². The summed E-state index contributed by atoms with van der Waals surface area (Å²) in [5.74, 6) is 0.943. The number of unbranched alkanes of at least 4 members (excludes halogenated alkanes) is 4. The van der Waals surface area contributed by atoms with Crippen LogP contribution in [0.1, 0.15) is 51.5 Å². The van der Waals surface area contributed by atoms with Crippen LogP contribution in [0.3, 0.4) is 0 Å². The smallest absolute Gasteiger partial charge is 0.214 e. The highest BCUT2D eigenvalue weighted by atomic mass is 32.2. The third-order valence-corrected chi connectivity index (χ3v) is 8.02. The van der Waals surface area contributed by atoms with Crippen molar-refractivity contribution in [2.45, 2.75) is 67.5 Å². The summed E-state index contributed by atoms with van der Waals surface area (Å²) in [4.78, 5) is 5.80. The molecule has 1 aromatic heterocycles. The summed E-state index contributed by atoms with van der Waals surface area (Å²) in [6.07, 6.45) is 5.95. The zero-order valence-electron chi connectivity index (χ0n) is 17.1. The molecule has 0 bridgehead atoms. The number of rotatable bonds is 12. The van der Waals surface area contributed by atoms with Gasteiger partial charge in [-0.2, -0.15) is 0 Å². The second-order valence-corrected chi connectivity index (χ2v) is 10.9. The fraction of sp³-hybridized carbons (Fsp3) is 0.500. The van der Waals surface area contributed by atoms with Crippen LogP contribution in [-0.2, 0) is 16.3 Å². The van der Waals surface area contributed by atoms with E-state index in [4.69, 9.17) is 4.74 Å². The second-order valence-electron chi connectivity index (χ2n) is 7.17. The fourth-order valence-corrected chi connectivity index (χ4v) is 4.86. The molecule has 0 amide bonds. The lowest BCUT2D eigenvalue weighted by atomic mass is 10.1. The van der Waals surface area contributed by atoms with Crippen molar-refractivity contribution in [3.8, 4) is 5.88 Å². The Morgan fingerprint density at radius 2 is 1.64 bits per heavy atom. The number of aryl methyl sites for hydroxylation is 1. The summed E-state index contributed by atoms with van der Waals surface area (Å²) in [6, 6.07) is 14.3. The molecule has 0 unspecified atom stereocenters. The van der Waals surface area contributed by atoms with Crippen LogP contribution in [0.2, 0.25) is 0 Å². The molecule has 28 heavy (non-hydrogen) atoms. The van der Waals surface area contributed by atoms with E-state index in [1.807, 2.05) is 24.3 Å². The first-order valence-corrected chi connectivity index (χ1v) is 12.4. The van der Waals surface area contributed by atoms with E-state index in [-0.39, 0.29) is 5.25 Å². The maximum atomic E-state index is 11.8. The van der Waals surface area contributed by atoms with Crippen molar-refractivity contribution < 1.29 is 13.2 Å². The van der Waals surface area contributed by atoms with Crippen molar-refractivity contribution in [3.05, 3.63) is 48.0 Å². The zero-order valence-corrected chi connectivity index (χ0v) is 18.7.